The zero-order valence-corrected chi connectivity index (χ0v) is 13.6. The van der Waals surface area contributed by atoms with Gasteiger partial charge in [0.2, 0.25) is 0 Å². The molecule has 2 aromatic heterocycles. The van der Waals surface area contributed by atoms with Gasteiger partial charge in [0.1, 0.15) is 16.9 Å². The molecule has 1 amide bonds. The van der Waals surface area contributed by atoms with Crippen LogP contribution in [-0.2, 0) is 6.54 Å². The molecule has 4 rings (SSSR count). The number of nitrogens with zero attached hydrogens (tertiary/aromatic N) is 4. The van der Waals surface area contributed by atoms with E-state index in [0.717, 1.165) is 16.8 Å². The monoisotopic (exact) mass is 332 g/mol. The fourth-order valence-electron chi connectivity index (χ4n) is 2.69. The fraction of sp³-hybridized carbons (Fsp3) is 0.111. The van der Waals surface area contributed by atoms with Gasteiger partial charge in [-0.15, -0.1) is 0 Å². The third-order valence-corrected chi connectivity index (χ3v) is 3.90. The first-order chi connectivity index (χ1) is 12.2. The van der Waals surface area contributed by atoms with Gasteiger partial charge in [-0.2, -0.15) is 20.5 Å². The summed E-state index contributed by atoms with van der Waals surface area (Å²) in [4.78, 5) is 12.6. The topological polar surface area (TPSA) is 88.5 Å². The van der Waals surface area contributed by atoms with Crippen LogP contribution in [-0.4, -0.2) is 31.1 Å². The highest BCUT2D eigenvalue weighted by Gasteiger charge is 2.13. The number of carbonyl (C=O) groups is 1. The number of nitrogens with one attached hydrogen (secondary N) is 2. The maximum atomic E-state index is 12.6. The summed E-state index contributed by atoms with van der Waals surface area (Å²) in [7, 11) is 0. The molecule has 0 aliphatic heterocycles. The summed E-state index contributed by atoms with van der Waals surface area (Å²) >= 11 is 0. The van der Waals surface area contributed by atoms with E-state index in [1.807, 2.05) is 43.3 Å². The number of aromatic amines is 1. The van der Waals surface area contributed by atoms with E-state index >= 15 is 0 Å². The van der Waals surface area contributed by atoms with Crippen LogP contribution in [0.5, 0.6) is 0 Å². The molecule has 4 aromatic rings. The Morgan fingerprint density at radius 1 is 1.08 bits per heavy atom. The molecule has 0 unspecified atom stereocenters. The molecule has 2 N–H and O–H groups in total. The van der Waals surface area contributed by atoms with Crippen molar-refractivity contribution in [3.63, 3.8) is 0 Å². The first-order valence-corrected chi connectivity index (χ1v) is 7.89. The number of anilines is 1. The minimum Gasteiger partial charge on any atom is -0.307 e. The number of hydrogen-bond acceptors (Lipinski definition) is 4. The van der Waals surface area contributed by atoms with Crippen molar-refractivity contribution < 1.29 is 4.79 Å². The Hall–Kier alpha value is -3.48. The van der Waals surface area contributed by atoms with Crippen molar-refractivity contribution in [1.29, 1.82) is 0 Å². The van der Waals surface area contributed by atoms with Gasteiger partial charge in [0.25, 0.3) is 5.91 Å². The van der Waals surface area contributed by atoms with Crippen molar-refractivity contribution in [2.75, 3.05) is 5.32 Å². The summed E-state index contributed by atoms with van der Waals surface area (Å²) in [5, 5.41) is 17.9. The van der Waals surface area contributed by atoms with Crippen molar-refractivity contribution in [3.05, 3.63) is 71.4 Å². The Morgan fingerprint density at radius 2 is 1.88 bits per heavy atom. The largest absolute Gasteiger partial charge is 0.307 e. The number of benzene rings is 2. The van der Waals surface area contributed by atoms with Crippen LogP contribution in [0, 0.1) is 6.92 Å². The maximum absolute atomic E-state index is 12.6. The highest BCUT2D eigenvalue weighted by molar-refractivity contribution is 6.05. The Bertz CT molecular complexity index is 1030. The van der Waals surface area contributed by atoms with Crippen molar-refractivity contribution in [1.82, 2.24) is 25.2 Å². The van der Waals surface area contributed by atoms with E-state index in [1.165, 1.54) is 0 Å². The van der Waals surface area contributed by atoms with Gasteiger partial charge in [0.15, 0.2) is 0 Å². The van der Waals surface area contributed by atoms with E-state index in [2.05, 4.69) is 25.8 Å². The van der Waals surface area contributed by atoms with E-state index in [1.54, 1.807) is 22.9 Å². The van der Waals surface area contributed by atoms with Gasteiger partial charge in [-0.3, -0.25) is 4.79 Å². The van der Waals surface area contributed by atoms with Gasteiger partial charge in [0, 0.05) is 11.6 Å². The minimum atomic E-state index is -0.209. The summed E-state index contributed by atoms with van der Waals surface area (Å²) in [5.74, 6) is 0.450. The fourth-order valence-corrected chi connectivity index (χ4v) is 2.69. The summed E-state index contributed by atoms with van der Waals surface area (Å²) < 4.78 is 1.79. The highest BCUT2D eigenvalue weighted by atomic mass is 16.1. The molecule has 0 bridgehead atoms. The van der Waals surface area contributed by atoms with Gasteiger partial charge in [-0.25, -0.2) is 4.68 Å². The van der Waals surface area contributed by atoms with Crippen LogP contribution in [0.1, 0.15) is 21.6 Å². The molecule has 0 saturated carbocycles. The zero-order chi connectivity index (χ0) is 17.2. The minimum absolute atomic E-state index is 0.209. The summed E-state index contributed by atoms with van der Waals surface area (Å²) in [5.41, 5.74) is 3.86. The van der Waals surface area contributed by atoms with Crippen LogP contribution in [0.2, 0.25) is 0 Å². The van der Waals surface area contributed by atoms with Crippen LogP contribution in [0.3, 0.4) is 0 Å². The Kier molecular flexibility index (Phi) is 3.74. The van der Waals surface area contributed by atoms with Gasteiger partial charge in [-0.05, 0) is 30.7 Å². The molecule has 7 heteroatoms. The van der Waals surface area contributed by atoms with Gasteiger partial charge >= 0.3 is 0 Å². The van der Waals surface area contributed by atoms with Crippen molar-refractivity contribution >= 4 is 22.8 Å². The predicted molar refractivity (Wildman–Crippen MR) is 94.3 cm³/mol. The number of hydrogen-bond donors (Lipinski definition) is 2. The van der Waals surface area contributed by atoms with Crippen molar-refractivity contribution in [3.8, 4) is 0 Å². The van der Waals surface area contributed by atoms with Crippen LogP contribution in [0.15, 0.2) is 54.6 Å². The molecule has 0 atom stereocenters. The zero-order valence-electron chi connectivity index (χ0n) is 13.6. The highest BCUT2D eigenvalue weighted by Crippen LogP contribution is 2.16. The van der Waals surface area contributed by atoms with Gasteiger partial charge in [0.05, 0.1) is 12.2 Å². The SMILES string of the molecule is Cc1cc(NC(=O)c2ccc3n[nH]nc3c2)n(Cc2ccccc2)n1. The lowest BCUT2D eigenvalue weighted by atomic mass is 10.2. The van der Waals surface area contributed by atoms with Crippen LogP contribution in [0.25, 0.3) is 11.0 Å². The predicted octanol–water partition coefficient (Wildman–Crippen LogP) is 2.76. The summed E-state index contributed by atoms with van der Waals surface area (Å²) in [6.07, 6.45) is 0. The second-order valence-electron chi connectivity index (χ2n) is 5.80. The number of aromatic nitrogens is 5. The number of H-pyrrole nitrogens is 1. The molecular weight excluding hydrogens is 316 g/mol. The Balaban J connectivity index is 1.58. The lowest BCUT2D eigenvalue weighted by molar-refractivity contribution is 0.102. The molecule has 25 heavy (non-hydrogen) atoms. The van der Waals surface area contributed by atoms with Crippen molar-refractivity contribution in [2.45, 2.75) is 13.5 Å². The smallest absolute Gasteiger partial charge is 0.256 e. The van der Waals surface area contributed by atoms with Crippen LogP contribution < -0.4 is 5.32 Å². The third-order valence-electron chi connectivity index (χ3n) is 3.90. The van der Waals surface area contributed by atoms with E-state index in [9.17, 15) is 4.79 Å². The summed E-state index contributed by atoms with van der Waals surface area (Å²) in [6, 6.07) is 17.1. The van der Waals surface area contributed by atoms with Gasteiger partial charge in [-0.1, -0.05) is 30.3 Å². The van der Waals surface area contributed by atoms with E-state index in [-0.39, 0.29) is 5.91 Å². The molecule has 0 radical (unpaired) electrons. The number of carbonyl (C=O) groups excluding carboxylic acids is 1. The molecule has 0 aliphatic rings. The molecule has 0 aliphatic carbocycles. The maximum Gasteiger partial charge on any atom is 0.256 e. The molecular formula is C18H16N6O. The van der Waals surface area contributed by atoms with E-state index in [4.69, 9.17) is 0 Å². The van der Waals surface area contributed by atoms with Crippen molar-refractivity contribution in [2.24, 2.45) is 0 Å². The Morgan fingerprint density at radius 3 is 2.72 bits per heavy atom. The Labute approximate surface area is 143 Å². The number of aryl methyl sites for hydroxylation is 1. The van der Waals surface area contributed by atoms with Gasteiger partial charge < -0.3 is 5.32 Å². The number of amides is 1. The second kappa shape index (κ2) is 6.20. The lowest BCUT2D eigenvalue weighted by Gasteiger charge is -2.09. The van der Waals surface area contributed by atoms with Crippen LogP contribution in [0.4, 0.5) is 5.82 Å². The molecule has 7 nitrogen and oxygen atoms in total. The molecule has 0 fully saturated rings. The third kappa shape index (κ3) is 3.12. The number of fused-ring (bicyclic) bond motifs is 1. The number of rotatable bonds is 4. The standard InChI is InChI=1S/C18H16N6O/c1-12-9-17(24(22-12)11-13-5-3-2-4-6-13)19-18(25)14-7-8-15-16(10-14)21-23-20-15/h2-10H,11H2,1H3,(H,19,25)(H,20,21,23). The molecule has 2 heterocycles. The average Bonchev–Trinajstić information content (AvgIpc) is 3.21. The second-order valence-corrected chi connectivity index (χ2v) is 5.80. The molecule has 2 aromatic carbocycles. The average molecular weight is 332 g/mol. The molecule has 0 saturated heterocycles. The molecule has 124 valence electrons. The van der Waals surface area contributed by atoms with Crippen LogP contribution >= 0.6 is 0 Å². The van der Waals surface area contributed by atoms with E-state index in [0.29, 0.717) is 23.4 Å². The normalized spacial score (nSPS) is 10.9. The molecule has 0 spiro atoms. The first-order valence-electron chi connectivity index (χ1n) is 7.89. The quantitative estimate of drug-likeness (QED) is 0.601. The first kappa shape index (κ1) is 15.1. The summed E-state index contributed by atoms with van der Waals surface area (Å²) in [6.45, 7) is 2.49. The lowest BCUT2D eigenvalue weighted by Crippen LogP contribution is -2.16. The van der Waals surface area contributed by atoms with E-state index < -0.39 is 0 Å².